The topological polar surface area (TPSA) is 46.1 Å². The summed E-state index contributed by atoms with van der Waals surface area (Å²) < 4.78 is 0. The monoisotopic (exact) mass is 301 g/mol. The molecule has 0 aromatic carbocycles. The highest BCUT2D eigenvalue weighted by Crippen LogP contribution is 2.22. The summed E-state index contributed by atoms with van der Waals surface area (Å²) in [6.45, 7) is 3.56. The van der Waals surface area contributed by atoms with Crippen molar-refractivity contribution in [1.29, 1.82) is 0 Å². The predicted octanol–water partition coefficient (Wildman–Crippen LogP) is 2.94. The second-order valence-electron chi connectivity index (χ2n) is 5.55. The first-order valence-electron chi connectivity index (χ1n) is 7.33. The van der Waals surface area contributed by atoms with Crippen molar-refractivity contribution in [3.63, 3.8) is 0 Å². The summed E-state index contributed by atoms with van der Waals surface area (Å²) in [4.78, 5) is 23.2. The fourth-order valence-electron chi connectivity index (χ4n) is 2.84. The number of carbonyl (C=O) groups is 1. The molecule has 2 aromatic rings. The van der Waals surface area contributed by atoms with Crippen molar-refractivity contribution in [3.8, 4) is 0 Å². The second kappa shape index (κ2) is 6.35. The molecule has 0 unspecified atom stereocenters. The number of likely N-dealkylation sites (tertiary alicyclic amines) is 1. The molecule has 5 heteroatoms. The Bertz CT molecular complexity index is 612. The molecule has 1 amide bonds. The van der Waals surface area contributed by atoms with Crippen LogP contribution in [0, 0.1) is 12.8 Å². The highest BCUT2D eigenvalue weighted by Gasteiger charge is 2.25. The van der Waals surface area contributed by atoms with E-state index in [1.54, 1.807) is 17.4 Å². The average Bonchev–Trinajstić information content (AvgIpc) is 3.00. The molecule has 1 aliphatic heterocycles. The second-order valence-corrected chi connectivity index (χ2v) is 6.53. The number of carbonyl (C=O) groups excluding carboxylic acids is 1. The lowest BCUT2D eigenvalue weighted by molar-refractivity contribution is 0.0667. The van der Waals surface area contributed by atoms with Gasteiger partial charge in [-0.3, -0.25) is 4.79 Å². The summed E-state index contributed by atoms with van der Waals surface area (Å²) in [5.74, 6) is 0.571. The molecule has 1 atom stereocenters. The maximum absolute atomic E-state index is 12.6. The van der Waals surface area contributed by atoms with Crippen molar-refractivity contribution in [1.82, 2.24) is 14.9 Å². The largest absolute Gasteiger partial charge is 0.337 e. The van der Waals surface area contributed by atoms with Gasteiger partial charge in [-0.2, -0.15) is 0 Å². The minimum absolute atomic E-state index is 0.0579. The first-order chi connectivity index (χ1) is 10.2. The van der Waals surface area contributed by atoms with Gasteiger partial charge in [0, 0.05) is 36.8 Å². The zero-order valence-electron chi connectivity index (χ0n) is 12.2. The first-order valence-corrected chi connectivity index (χ1v) is 8.21. The smallest absolute Gasteiger partial charge is 0.272 e. The molecular formula is C16H19N3OS. The van der Waals surface area contributed by atoms with Crippen molar-refractivity contribution >= 4 is 17.2 Å². The minimum atomic E-state index is 0.0579. The van der Waals surface area contributed by atoms with Crippen LogP contribution in [-0.2, 0) is 6.42 Å². The average molecular weight is 301 g/mol. The Morgan fingerprint density at radius 1 is 1.48 bits per heavy atom. The van der Waals surface area contributed by atoms with Crippen molar-refractivity contribution < 1.29 is 4.79 Å². The SMILES string of the molecule is Cc1cccc(C(=O)N2CCC[C@H](Cc3nccs3)C2)n1. The van der Waals surface area contributed by atoms with Crippen LogP contribution in [-0.4, -0.2) is 33.9 Å². The zero-order chi connectivity index (χ0) is 14.7. The fourth-order valence-corrected chi connectivity index (χ4v) is 3.57. The number of hydrogen-bond acceptors (Lipinski definition) is 4. The summed E-state index contributed by atoms with van der Waals surface area (Å²) in [5.41, 5.74) is 1.45. The highest BCUT2D eigenvalue weighted by molar-refractivity contribution is 7.09. The molecule has 0 aliphatic carbocycles. The third-order valence-corrected chi connectivity index (χ3v) is 4.66. The van der Waals surface area contributed by atoms with Crippen LogP contribution >= 0.6 is 11.3 Å². The van der Waals surface area contributed by atoms with Gasteiger partial charge in [0.2, 0.25) is 0 Å². The normalized spacial score (nSPS) is 18.7. The molecule has 0 spiro atoms. The van der Waals surface area contributed by atoms with Gasteiger partial charge in [0.05, 0.1) is 5.01 Å². The van der Waals surface area contributed by atoms with Crippen LogP contribution in [0.2, 0.25) is 0 Å². The molecule has 1 aliphatic rings. The van der Waals surface area contributed by atoms with E-state index in [9.17, 15) is 4.79 Å². The van der Waals surface area contributed by atoms with E-state index in [0.29, 0.717) is 11.6 Å². The van der Waals surface area contributed by atoms with Gasteiger partial charge in [0.25, 0.3) is 5.91 Å². The Morgan fingerprint density at radius 2 is 2.38 bits per heavy atom. The Morgan fingerprint density at radius 3 is 3.14 bits per heavy atom. The lowest BCUT2D eigenvalue weighted by Crippen LogP contribution is -2.40. The van der Waals surface area contributed by atoms with Crippen molar-refractivity contribution in [2.24, 2.45) is 5.92 Å². The van der Waals surface area contributed by atoms with Gasteiger partial charge in [0.1, 0.15) is 5.69 Å². The van der Waals surface area contributed by atoms with Gasteiger partial charge in [0.15, 0.2) is 0 Å². The molecule has 21 heavy (non-hydrogen) atoms. The molecule has 1 fully saturated rings. The lowest BCUT2D eigenvalue weighted by Gasteiger charge is -2.32. The van der Waals surface area contributed by atoms with Crippen LogP contribution in [0.25, 0.3) is 0 Å². The Balaban J connectivity index is 1.66. The number of rotatable bonds is 3. The Hall–Kier alpha value is -1.75. The van der Waals surface area contributed by atoms with E-state index in [1.165, 1.54) is 11.4 Å². The van der Waals surface area contributed by atoms with Crippen molar-refractivity contribution in [3.05, 3.63) is 46.2 Å². The molecule has 3 rings (SSSR count). The number of piperidine rings is 1. The first kappa shape index (κ1) is 14.2. The number of amides is 1. The number of nitrogens with zero attached hydrogens (tertiary/aromatic N) is 3. The molecule has 0 radical (unpaired) electrons. The molecule has 4 nitrogen and oxygen atoms in total. The Kier molecular flexibility index (Phi) is 4.29. The summed E-state index contributed by atoms with van der Waals surface area (Å²) in [6, 6.07) is 5.62. The zero-order valence-corrected chi connectivity index (χ0v) is 13.0. The molecule has 3 heterocycles. The maximum Gasteiger partial charge on any atom is 0.272 e. The number of pyridine rings is 1. The van der Waals surface area contributed by atoms with E-state index in [0.717, 1.165) is 31.6 Å². The molecule has 2 aromatic heterocycles. The number of thiazole rings is 1. The van der Waals surface area contributed by atoms with Crippen LogP contribution in [0.5, 0.6) is 0 Å². The van der Waals surface area contributed by atoms with Gasteiger partial charge in [-0.15, -0.1) is 11.3 Å². The quantitative estimate of drug-likeness (QED) is 0.875. The molecule has 0 bridgehead atoms. The van der Waals surface area contributed by atoms with Gasteiger partial charge >= 0.3 is 0 Å². The lowest BCUT2D eigenvalue weighted by atomic mass is 9.95. The summed E-state index contributed by atoms with van der Waals surface area (Å²) in [6.07, 6.45) is 5.06. The van der Waals surface area contributed by atoms with Crippen LogP contribution in [0.4, 0.5) is 0 Å². The van der Waals surface area contributed by atoms with Crippen LogP contribution in [0.1, 0.15) is 34.0 Å². The van der Waals surface area contributed by atoms with Gasteiger partial charge in [-0.25, -0.2) is 9.97 Å². The standard InChI is InChI=1S/C16H19N3OS/c1-12-4-2-6-14(18-12)16(20)19-8-3-5-13(11-19)10-15-17-7-9-21-15/h2,4,6-7,9,13H,3,5,8,10-11H2,1H3/t13-/m1/s1. The van der Waals surface area contributed by atoms with E-state index >= 15 is 0 Å². The van der Waals surface area contributed by atoms with Crippen LogP contribution < -0.4 is 0 Å². The molecule has 110 valence electrons. The number of hydrogen-bond donors (Lipinski definition) is 0. The molecule has 1 saturated heterocycles. The highest BCUT2D eigenvalue weighted by atomic mass is 32.1. The molecule has 0 saturated carbocycles. The fraction of sp³-hybridized carbons (Fsp3) is 0.438. The maximum atomic E-state index is 12.6. The summed E-state index contributed by atoms with van der Waals surface area (Å²) in [7, 11) is 0. The van der Waals surface area contributed by atoms with E-state index in [-0.39, 0.29) is 5.91 Å². The number of aromatic nitrogens is 2. The summed E-state index contributed by atoms with van der Waals surface area (Å²) in [5, 5.41) is 3.18. The van der Waals surface area contributed by atoms with E-state index < -0.39 is 0 Å². The molecular weight excluding hydrogens is 282 g/mol. The van der Waals surface area contributed by atoms with E-state index in [4.69, 9.17) is 0 Å². The van der Waals surface area contributed by atoms with Gasteiger partial charge in [-0.1, -0.05) is 6.07 Å². The molecule has 0 N–H and O–H groups in total. The van der Waals surface area contributed by atoms with E-state index in [2.05, 4.69) is 9.97 Å². The van der Waals surface area contributed by atoms with Gasteiger partial charge < -0.3 is 4.90 Å². The Labute approximate surface area is 128 Å². The van der Waals surface area contributed by atoms with Gasteiger partial charge in [-0.05, 0) is 37.8 Å². The predicted molar refractivity (Wildman–Crippen MR) is 83.4 cm³/mol. The van der Waals surface area contributed by atoms with Crippen LogP contribution in [0.15, 0.2) is 29.8 Å². The summed E-state index contributed by atoms with van der Waals surface area (Å²) >= 11 is 1.70. The minimum Gasteiger partial charge on any atom is -0.337 e. The van der Waals surface area contributed by atoms with Crippen LogP contribution in [0.3, 0.4) is 0 Å². The third-order valence-electron chi connectivity index (χ3n) is 3.86. The number of aryl methyl sites for hydroxylation is 1. The van der Waals surface area contributed by atoms with Crippen molar-refractivity contribution in [2.45, 2.75) is 26.2 Å². The van der Waals surface area contributed by atoms with E-state index in [1.807, 2.05) is 35.5 Å². The third kappa shape index (κ3) is 3.47. The van der Waals surface area contributed by atoms with Crippen molar-refractivity contribution in [2.75, 3.05) is 13.1 Å².